The van der Waals surface area contributed by atoms with Crippen molar-refractivity contribution < 1.29 is 19.1 Å². The van der Waals surface area contributed by atoms with Crippen LogP contribution in [-0.2, 0) is 8.85 Å². The molecule has 0 aromatic heterocycles. The van der Waals surface area contributed by atoms with E-state index in [4.69, 9.17) is 8.85 Å². The Bertz CT molecular complexity index is 195. The summed E-state index contributed by atoms with van der Waals surface area (Å²) >= 11 is 0. The van der Waals surface area contributed by atoms with Gasteiger partial charge >= 0.3 is 9.28 Å². The lowest BCUT2D eigenvalue weighted by molar-refractivity contribution is -0.119. The van der Waals surface area contributed by atoms with Gasteiger partial charge in [-0.05, 0) is 19.3 Å². The van der Waals surface area contributed by atoms with Crippen molar-refractivity contribution >= 4 is 9.28 Å². The lowest BCUT2D eigenvalue weighted by atomic mass is 10.2. The van der Waals surface area contributed by atoms with Gasteiger partial charge in [-0.15, -0.1) is 0 Å². The monoisotopic (exact) mass is 279 g/mol. The van der Waals surface area contributed by atoms with Gasteiger partial charge in [-0.3, -0.25) is 0 Å². The van der Waals surface area contributed by atoms with Crippen LogP contribution in [0.4, 0.5) is 0 Å². The molecule has 3 unspecified atom stereocenters. The smallest absolute Gasteiger partial charge is 0.338 e. The normalized spacial score (nSPS) is 17.2. The molecule has 2 N–H and O–H groups in total. The van der Waals surface area contributed by atoms with Gasteiger partial charge in [0, 0.05) is 14.2 Å². The van der Waals surface area contributed by atoms with Gasteiger partial charge in [-0.2, -0.15) is 0 Å². The van der Waals surface area contributed by atoms with E-state index in [0.717, 1.165) is 12.8 Å². The van der Waals surface area contributed by atoms with Gasteiger partial charge < -0.3 is 19.1 Å². The molecule has 0 rings (SSSR count). The molecule has 0 heterocycles. The summed E-state index contributed by atoms with van der Waals surface area (Å²) in [5, 5.41) is 20.3. The standard InChI is InChI=1S/C12H29NO4Si/c1-6-9-12(18(16-4)17-5)13(10(14)7-2)11(15)8-3/h10-12,14-15,18H,6-9H2,1-5H3. The zero-order chi connectivity index (χ0) is 14.1. The third-order valence-electron chi connectivity index (χ3n) is 3.16. The lowest BCUT2D eigenvalue weighted by Crippen LogP contribution is -2.56. The second kappa shape index (κ2) is 9.88. The zero-order valence-electron chi connectivity index (χ0n) is 12.3. The highest BCUT2D eigenvalue weighted by Crippen LogP contribution is 2.19. The first kappa shape index (κ1) is 18.0. The number of hydrogen-bond donors (Lipinski definition) is 2. The molecule has 0 spiro atoms. The topological polar surface area (TPSA) is 62.2 Å². The van der Waals surface area contributed by atoms with E-state index in [9.17, 15) is 10.2 Å². The Hall–Kier alpha value is 0.0169. The Morgan fingerprint density at radius 2 is 1.44 bits per heavy atom. The second-order valence-electron chi connectivity index (χ2n) is 4.42. The summed E-state index contributed by atoms with van der Waals surface area (Å²) in [6, 6.07) is 0. The van der Waals surface area contributed by atoms with Gasteiger partial charge in [0.05, 0.1) is 5.67 Å². The Morgan fingerprint density at radius 3 is 1.72 bits per heavy atom. The molecular weight excluding hydrogens is 250 g/mol. The molecule has 18 heavy (non-hydrogen) atoms. The SMILES string of the molecule is CCCC(N(C(O)CC)C(O)CC)[SiH](OC)OC. The minimum absolute atomic E-state index is 0.0186. The molecule has 0 aliphatic rings. The first-order valence-electron chi connectivity index (χ1n) is 6.76. The van der Waals surface area contributed by atoms with Crippen LogP contribution >= 0.6 is 0 Å². The zero-order valence-corrected chi connectivity index (χ0v) is 13.5. The average molecular weight is 279 g/mol. The van der Waals surface area contributed by atoms with E-state index in [1.54, 1.807) is 19.1 Å². The van der Waals surface area contributed by atoms with Crippen LogP contribution in [0.2, 0.25) is 0 Å². The molecule has 0 radical (unpaired) electrons. The number of nitrogens with zero attached hydrogens (tertiary/aromatic N) is 1. The molecule has 110 valence electrons. The Labute approximate surface area is 113 Å². The van der Waals surface area contributed by atoms with Crippen molar-refractivity contribution in [1.82, 2.24) is 4.90 Å². The van der Waals surface area contributed by atoms with Crippen LogP contribution in [-0.4, -0.2) is 56.7 Å². The molecule has 0 bridgehead atoms. The minimum Gasteiger partial charge on any atom is -0.399 e. The van der Waals surface area contributed by atoms with Crippen LogP contribution < -0.4 is 0 Å². The molecule has 5 nitrogen and oxygen atoms in total. The predicted molar refractivity (Wildman–Crippen MR) is 74.3 cm³/mol. The highest BCUT2D eigenvalue weighted by atomic mass is 28.3. The summed E-state index contributed by atoms with van der Waals surface area (Å²) in [5.41, 5.74) is -0.0186. The summed E-state index contributed by atoms with van der Waals surface area (Å²) in [5.74, 6) is 0. The van der Waals surface area contributed by atoms with E-state index in [-0.39, 0.29) is 5.67 Å². The molecule has 0 saturated heterocycles. The second-order valence-corrected chi connectivity index (χ2v) is 6.87. The Kier molecular flexibility index (Phi) is 9.89. The first-order valence-corrected chi connectivity index (χ1v) is 8.37. The molecule has 0 aromatic rings. The van der Waals surface area contributed by atoms with Gasteiger partial charge in [-0.25, -0.2) is 4.90 Å². The van der Waals surface area contributed by atoms with Gasteiger partial charge in [0.2, 0.25) is 0 Å². The van der Waals surface area contributed by atoms with E-state index >= 15 is 0 Å². The van der Waals surface area contributed by atoms with Crippen LogP contribution in [0, 0.1) is 0 Å². The number of aliphatic hydroxyl groups is 2. The fourth-order valence-corrected chi connectivity index (χ4v) is 4.30. The lowest BCUT2D eigenvalue weighted by Gasteiger charge is -2.40. The molecule has 0 aromatic carbocycles. The maximum absolute atomic E-state index is 10.1. The van der Waals surface area contributed by atoms with Crippen LogP contribution in [0.25, 0.3) is 0 Å². The summed E-state index contributed by atoms with van der Waals surface area (Å²) in [4.78, 5) is 1.76. The molecule has 0 fully saturated rings. The maximum Gasteiger partial charge on any atom is 0.338 e. The summed E-state index contributed by atoms with van der Waals surface area (Å²) in [7, 11) is 1.36. The Balaban J connectivity index is 5.06. The maximum atomic E-state index is 10.1. The van der Waals surface area contributed by atoms with E-state index in [1.807, 2.05) is 13.8 Å². The number of aliphatic hydroxyl groups excluding tert-OH is 2. The van der Waals surface area contributed by atoms with Gasteiger partial charge in [0.25, 0.3) is 0 Å². The summed E-state index contributed by atoms with van der Waals surface area (Å²) < 4.78 is 10.9. The van der Waals surface area contributed by atoms with Crippen LogP contribution in [0.5, 0.6) is 0 Å². The van der Waals surface area contributed by atoms with E-state index in [0.29, 0.717) is 12.8 Å². The average Bonchev–Trinajstić information content (AvgIpc) is 2.39. The number of hydrogen-bond acceptors (Lipinski definition) is 5. The minimum atomic E-state index is -1.92. The predicted octanol–water partition coefficient (Wildman–Crippen LogP) is 0.966. The van der Waals surface area contributed by atoms with Crippen molar-refractivity contribution in [2.75, 3.05) is 14.2 Å². The van der Waals surface area contributed by atoms with Crippen molar-refractivity contribution in [2.45, 2.75) is 64.6 Å². The van der Waals surface area contributed by atoms with Crippen LogP contribution in [0.3, 0.4) is 0 Å². The van der Waals surface area contributed by atoms with Crippen molar-refractivity contribution in [3.63, 3.8) is 0 Å². The molecule has 0 saturated carbocycles. The van der Waals surface area contributed by atoms with Gasteiger partial charge in [0.1, 0.15) is 12.5 Å². The van der Waals surface area contributed by atoms with Crippen LogP contribution in [0.15, 0.2) is 0 Å². The molecule has 0 aliphatic carbocycles. The van der Waals surface area contributed by atoms with Crippen molar-refractivity contribution in [3.8, 4) is 0 Å². The molecule has 3 atom stereocenters. The quantitative estimate of drug-likeness (QED) is 0.461. The molecule has 0 aliphatic heterocycles. The third kappa shape index (κ3) is 4.95. The largest absolute Gasteiger partial charge is 0.399 e. The van der Waals surface area contributed by atoms with Crippen LogP contribution in [0.1, 0.15) is 46.5 Å². The van der Waals surface area contributed by atoms with E-state index < -0.39 is 21.7 Å². The summed E-state index contributed by atoms with van der Waals surface area (Å²) in [6.07, 6.45) is 1.66. The molecular formula is C12H29NO4Si. The third-order valence-corrected chi connectivity index (χ3v) is 5.40. The van der Waals surface area contributed by atoms with Gasteiger partial charge in [0.15, 0.2) is 0 Å². The fourth-order valence-electron chi connectivity index (χ4n) is 2.19. The molecule has 0 amide bonds. The van der Waals surface area contributed by atoms with Crippen molar-refractivity contribution in [2.24, 2.45) is 0 Å². The summed E-state index contributed by atoms with van der Waals surface area (Å²) in [6.45, 7) is 5.89. The fraction of sp³-hybridized carbons (Fsp3) is 1.00. The highest BCUT2D eigenvalue weighted by Gasteiger charge is 2.36. The van der Waals surface area contributed by atoms with E-state index in [1.165, 1.54) is 0 Å². The van der Waals surface area contributed by atoms with Gasteiger partial charge in [-0.1, -0.05) is 27.2 Å². The highest BCUT2D eigenvalue weighted by molar-refractivity contribution is 6.46. The molecule has 6 heteroatoms. The Morgan fingerprint density at radius 1 is 1.00 bits per heavy atom. The first-order chi connectivity index (χ1) is 8.56. The number of rotatable bonds is 10. The van der Waals surface area contributed by atoms with Crippen molar-refractivity contribution in [1.29, 1.82) is 0 Å². The van der Waals surface area contributed by atoms with E-state index in [2.05, 4.69) is 6.92 Å². The van der Waals surface area contributed by atoms with Crippen molar-refractivity contribution in [3.05, 3.63) is 0 Å².